The van der Waals surface area contributed by atoms with Crippen LogP contribution in [-0.4, -0.2) is 20.3 Å². The molecule has 16 heavy (non-hydrogen) atoms. The van der Waals surface area contributed by atoms with Crippen LogP contribution in [0.5, 0.6) is 0 Å². The van der Waals surface area contributed by atoms with Crippen molar-refractivity contribution in [2.24, 2.45) is 0 Å². The fourth-order valence-corrected chi connectivity index (χ4v) is 1.75. The first kappa shape index (κ1) is 13.2. The average molecular weight is 222 g/mol. The maximum absolute atomic E-state index is 5.23. The van der Waals surface area contributed by atoms with Crippen molar-refractivity contribution in [2.75, 3.05) is 14.2 Å². The molecule has 0 aliphatic heterocycles. The Morgan fingerprint density at radius 3 is 2.62 bits per heavy atom. The van der Waals surface area contributed by atoms with Crippen molar-refractivity contribution < 1.29 is 9.47 Å². The zero-order valence-corrected chi connectivity index (χ0v) is 10.5. The maximum atomic E-state index is 5.23. The average Bonchev–Trinajstić information content (AvgIpc) is 2.30. The third-order valence-corrected chi connectivity index (χ3v) is 2.78. The van der Waals surface area contributed by atoms with Crippen LogP contribution in [0.1, 0.15) is 30.9 Å². The van der Waals surface area contributed by atoms with Crippen LogP contribution in [0, 0.1) is 0 Å². The molecular weight excluding hydrogens is 200 g/mol. The highest BCUT2D eigenvalue weighted by molar-refractivity contribution is 5.23. The second-order valence-electron chi connectivity index (χ2n) is 4.19. The summed E-state index contributed by atoms with van der Waals surface area (Å²) in [6.07, 6.45) is 3.77. The molecule has 0 fully saturated rings. The summed E-state index contributed by atoms with van der Waals surface area (Å²) in [7, 11) is 3.50. The van der Waals surface area contributed by atoms with Crippen molar-refractivity contribution in [3.05, 3.63) is 35.4 Å². The van der Waals surface area contributed by atoms with Crippen LogP contribution in [-0.2, 0) is 22.5 Å². The highest BCUT2D eigenvalue weighted by Gasteiger charge is 2.00. The lowest BCUT2D eigenvalue weighted by atomic mass is 10.0. The lowest BCUT2D eigenvalue weighted by Gasteiger charge is -2.09. The molecule has 0 radical (unpaired) electrons. The van der Waals surface area contributed by atoms with Gasteiger partial charge in [0.2, 0.25) is 0 Å². The molecule has 90 valence electrons. The van der Waals surface area contributed by atoms with Gasteiger partial charge in [0.05, 0.1) is 12.7 Å². The zero-order valence-electron chi connectivity index (χ0n) is 10.5. The molecule has 2 heteroatoms. The maximum Gasteiger partial charge on any atom is 0.0713 e. The van der Waals surface area contributed by atoms with Crippen molar-refractivity contribution in [3.8, 4) is 0 Å². The first-order valence-electron chi connectivity index (χ1n) is 5.85. The third-order valence-electron chi connectivity index (χ3n) is 2.78. The van der Waals surface area contributed by atoms with Gasteiger partial charge in [-0.3, -0.25) is 0 Å². The van der Waals surface area contributed by atoms with Gasteiger partial charge in [-0.15, -0.1) is 0 Å². The molecule has 0 aliphatic rings. The molecule has 0 bridgehead atoms. The van der Waals surface area contributed by atoms with Crippen molar-refractivity contribution in [3.63, 3.8) is 0 Å². The van der Waals surface area contributed by atoms with Gasteiger partial charge in [-0.05, 0) is 37.3 Å². The summed E-state index contributed by atoms with van der Waals surface area (Å²) < 4.78 is 10.4. The SMILES string of the molecule is COCc1cccc(CCCC(C)OC)c1. The van der Waals surface area contributed by atoms with E-state index in [2.05, 4.69) is 31.2 Å². The molecular formula is C14H22O2. The van der Waals surface area contributed by atoms with E-state index in [1.165, 1.54) is 17.5 Å². The standard InChI is InChI=1S/C14H22O2/c1-12(16-3)6-4-7-13-8-5-9-14(10-13)11-15-2/h5,8-10,12H,4,6-7,11H2,1-3H3. The molecule has 1 aromatic carbocycles. The monoisotopic (exact) mass is 222 g/mol. The van der Waals surface area contributed by atoms with E-state index in [4.69, 9.17) is 9.47 Å². The number of rotatable bonds is 7. The molecule has 2 nitrogen and oxygen atoms in total. The summed E-state index contributed by atoms with van der Waals surface area (Å²) in [5, 5.41) is 0. The van der Waals surface area contributed by atoms with Gasteiger partial charge in [0.25, 0.3) is 0 Å². The predicted octanol–water partition coefficient (Wildman–Crippen LogP) is 3.19. The van der Waals surface area contributed by atoms with Crippen LogP contribution in [0.2, 0.25) is 0 Å². The van der Waals surface area contributed by atoms with E-state index in [-0.39, 0.29) is 0 Å². The summed E-state index contributed by atoms with van der Waals surface area (Å²) >= 11 is 0. The number of hydrogen-bond acceptors (Lipinski definition) is 2. The van der Waals surface area contributed by atoms with Crippen LogP contribution in [0.4, 0.5) is 0 Å². The number of ether oxygens (including phenoxy) is 2. The van der Waals surface area contributed by atoms with Gasteiger partial charge in [0, 0.05) is 14.2 Å². The van der Waals surface area contributed by atoms with E-state index in [1.54, 1.807) is 14.2 Å². The summed E-state index contributed by atoms with van der Waals surface area (Å²) in [4.78, 5) is 0. The van der Waals surface area contributed by atoms with Crippen LogP contribution < -0.4 is 0 Å². The molecule has 0 aromatic heterocycles. The molecule has 0 aliphatic carbocycles. The first-order valence-corrected chi connectivity index (χ1v) is 5.85. The normalized spacial score (nSPS) is 12.7. The molecule has 0 saturated heterocycles. The fraction of sp³-hybridized carbons (Fsp3) is 0.571. The zero-order chi connectivity index (χ0) is 11.8. The minimum atomic E-state index is 0.363. The lowest BCUT2D eigenvalue weighted by Crippen LogP contribution is -2.04. The van der Waals surface area contributed by atoms with Gasteiger partial charge in [-0.2, -0.15) is 0 Å². The van der Waals surface area contributed by atoms with Gasteiger partial charge in [-0.25, -0.2) is 0 Å². The summed E-state index contributed by atoms with van der Waals surface area (Å²) in [6, 6.07) is 8.60. The highest BCUT2D eigenvalue weighted by atomic mass is 16.5. The second kappa shape index (κ2) is 7.42. The van der Waals surface area contributed by atoms with E-state index in [9.17, 15) is 0 Å². The largest absolute Gasteiger partial charge is 0.382 e. The molecule has 1 unspecified atom stereocenters. The van der Waals surface area contributed by atoms with Crippen molar-refractivity contribution in [1.82, 2.24) is 0 Å². The van der Waals surface area contributed by atoms with Crippen LogP contribution in [0.25, 0.3) is 0 Å². The van der Waals surface area contributed by atoms with E-state index in [1.807, 2.05) is 0 Å². The van der Waals surface area contributed by atoms with E-state index < -0.39 is 0 Å². The van der Waals surface area contributed by atoms with Crippen LogP contribution >= 0.6 is 0 Å². The Labute approximate surface area is 98.6 Å². The van der Waals surface area contributed by atoms with Crippen LogP contribution in [0.3, 0.4) is 0 Å². The topological polar surface area (TPSA) is 18.5 Å². The summed E-state index contributed by atoms with van der Waals surface area (Å²) in [5.41, 5.74) is 2.64. The van der Waals surface area contributed by atoms with Gasteiger partial charge in [-0.1, -0.05) is 24.3 Å². The van der Waals surface area contributed by atoms with Gasteiger partial charge >= 0.3 is 0 Å². The van der Waals surface area contributed by atoms with Crippen molar-refractivity contribution in [2.45, 2.75) is 38.9 Å². The minimum Gasteiger partial charge on any atom is -0.382 e. The lowest BCUT2D eigenvalue weighted by molar-refractivity contribution is 0.109. The minimum absolute atomic E-state index is 0.363. The summed E-state index contributed by atoms with van der Waals surface area (Å²) in [6.45, 7) is 2.81. The molecule has 0 saturated carbocycles. The fourth-order valence-electron chi connectivity index (χ4n) is 1.75. The Morgan fingerprint density at radius 2 is 1.94 bits per heavy atom. The molecule has 0 heterocycles. The Morgan fingerprint density at radius 1 is 1.19 bits per heavy atom. The van der Waals surface area contributed by atoms with Crippen molar-refractivity contribution >= 4 is 0 Å². The second-order valence-corrected chi connectivity index (χ2v) is 4.19. The number of benzene rings is 1. The predicted molar refractivity (Wildman–Crippen MR) is 66.6 cm³/mol. The third kappa shape index (κ3) is 4.77. The first-order chi connectivity index (χ1) is 7.76. The van der Waals surface area contributed by atoms with Crippen molar-refractivity contribution in [1.29, 1.82) is 0 Å². The smallest absolute Gasteiger partial charge is 0.0713 e. The Kier molecular flexibility index (Phi) is 6.12. The summed E-state index contributed by atoms with van der Waals surface area (Å²) in [5.74, 6) is 0. The van der Waals surface area contributed by atoms with Gasteiger partial charge in [0.1, 0.15) is 0 Å². The quantitative estimate of drug-likeness (QED) is 0.705. The van der Waals surface area contributed by atoms with E-state index in [0.717, 1.165) is 12.8 Å². The molecule has 0 N–H and O–H groups in total. The molecule has 1 atom stereocenters. The van der Waals surface area contributed by atoms with E-state index in [0.29, 0.717) is 12.7 Å². The van der Waals surface area contributed by atoms with Gasteiger partial charge < -0.3 is 9.47 Å². The highest BCUT2D eigenvalue weighted by Crippen LogP contribution is 2.11. The van der Waals surface area contributed by atoms with Crippen LogP contribution in [0.15, 0.2) is 24.3 Å². The van der Waals surface area contributed by atoms with E-state index >= 15 is 0 Å². The molecule has 1 rings (SSSR count). The number of methoxy groups -OCH3 is 2. The number of aryl methyl sites for hydroxylation is 1. The number of hydrogen-bond donors (Lipinski definition) is 0. The molecule has 0 spiro atoms. The Balaban J connectivity index is 2.38. The molecule has 0 amide bonds. The van der Waals surface area contributed by atoms with Gasteiger partial charge in [0.15, 0.2) is 0 Å². The Bertz CT molecular complexity index is 297. The molecule has 1 aromatic rings. The Hall–Kier alpha value is -0.860.